The normalized spacial score (nSPS) is 11.7. The molecule has 1 amide bonds. The van der Waals surface area contributed by atoms with Crippen molar-refractivity contribution in [2.45, 2.75) is 13.5 Å². The van der Waals surface area contributed by atoms with Crippen LogP contribution >= 0.6 is 23.2 Å². The molecule has 0 fully saturated rings. The molecule has 1 unspecified atom stereocenters. The van der Waals surface area contributed by atoms with Crippen molar-refractivity contribution in [3.8, 4) is 0 Å². The fraction of sp³-hybridized carbons (Fsp3) is 0.278. The van der Waals surface area contributed by atoms with Crippen molar-refractivity contribution in [3.63, 3.8) is 0 Å². The van der Waals surface area contributed by atoms with Gasteiger partial charge in [-0.1, -0.05) is 36.2 Å². The highest BCUT2D eigenvalue weighted by Crippen LogP contribution is 2.24. The van der Waals surface area contributed by atoms with Crippen molar-refractivity contribution in [3.05, 3.63) is 63.9 Å². The quantitative estimate of drug-likeness (QED) is 0.714. The molecule has 0 aliphatic heterocycles. The van der Waals surface area contributed by atoms with Crippen LogP contribution in [0.3, 0.4) is 0 Å². The molecule has 2 aromatic rings. The summed E-state index contributed by atoms with van der Waals surface area (Å²) in [5.74, 6) is -1.09. The van der Waals surface area contributed by atoms with E-state index < -0.39 is 5.92 Å². The van der Waals surface area contributed by atoms with Gasteiger partial charge < -0.3 is 9.64 Å². The molecule has 5 nitrogen and oxygen atoms in total. The third-order valence-corrected chi connectivity index (χ3v) is 4.39. The van der Waals surface area contributed by atoms with E-state index in [9.17, 15) is 9.59 Å². The van der Waals surface area contributed by atoms with Gasteiger partial charge in [0.25, 0.3) is 5.91 Å². The number of halogens is 2. The Morgan fingerprint density at radius 2 is 2.00 bits per heavy atom. The first-order valence-corrected chi connectivity index (χ1v) is 8.39. The molecule has 0 aliphatic rings. The summed E-state index contributed by atoms with van der Waals surface area (Å²) >= 11 is 11.9. The highest BCUT2D eigenvalue weighted by molar-refractivity contribution is 6.42. The van der Waals surface area contributed by atoms with E-state index in [1.807, 2.05) is 6.07 Å². The summed E-state index contributed by atoms with van der Waals surface area (Å²) < 4.78 is 4.76. The molecule has 25 heavy (non-hydrogen) atoms. The number of benzene rings is 1. The zero-order valence-corrected chi connectivity index (χ0v) is 15.4. The molecule has 0 aliphatic carbocycles. The molecule has 0 saturated heterocycles. The zero-order valence-electron chi connectivity index (χ0n) is 13.9. The Balaban J connectivity index is 2.27. The van der Waals surface area contributed by atoms with Gasteiger partial charge in [0, 0.05) is 31.0 Å². The smallest absolute Gasteiger partial charge is 0.310 e. The van der Waals surface area contributed by atoms with E-state index >= 15 is 0 Å². The van der Waals surface area contributed by atoms with Gasteiger partial charge in [0.05, 0.1) is 23.1 Å². The number of amides is 1. The summed E-state index contributed by atoms with van der Waals surface area (Å²) in [4.78, 5) is 30.3. The number of hydrogen-bond acceptors (Lipinski definition) is 4. The predicted octanol–water partition coefficient (Wildman–Crippen LogP) is 3.84. The fourth-order valence-electron chi connectivity index (χ4n) is 2.35. The number of carbonyl (C=O) groups excluding carboxylic acids is 2. The second-order valence-electron chi connectivity index (χ2n) is 5.60. The van der Waals surface area contributed by atoms with Gasteiger partial charge in [-0.15, -0.1) is 0 Å². The number of aromatic nitrogens is 1. The van der Waals surface area contributed by atoms with E-state index in [0.29, 0.717) is 22.2 Å². The number of nitrogens with zero attached hydrogens (tertiary/aromatic N) is 2. The molecule has 132 valence electrons. The van der Waals surface area contributed by atoms with Crippen LogP contribution in [0.1, 0.15) is 22.8 Å². The monoisotopic (exact) mass is 380 g/mol. The van der Waals surface area contributed by atoms with E-state index in [2.05, 4.69) is 4.98 Å². The summed E-state index contributed by atoms with van der Waals surface area (Å²) in [6.07, 6.45) is 3.34. The summed E-state index contributed by atoms with van der Waals surface area (Å²) in [7, 11) is 1.32. The van der Waals surface area contributed by atoms with E-state index in [1.165, 1.54) is 13.2 Å². The average Bonchev–Trinajstić information content (AvgIpc) is 2.62. The maximum Gasteiger partial charge on any atom is 0.310 e. The van der Waals surface area contributed by atoms with E-state index in [0.717, 1.165) is 5.56 Å². The van der Waals surface area contributed by atoms with Crippen LogP contribution in [0.25, 0.3) is 0 Å². The first-order chi connectivity index (χ1) is 11.9. The van der Waals surface area contributed by atoms with Crippen molar-refractivity contribution in [1.82, 2.24) is 9.88 Å². The van der Waals surface area contributed by atoms with Crippen LogP contribution in [-0.2, 0) is 16.1 Å². The van der Waals surface area contributed by atoms with Crippen LogP contribution < -0.4 is 0 Å². The second kappa shape index (κ2) is 8.83. The maximum absolute atomic E-state index is 12.9. The van der Waals surface area contributed by atoms with Crippen LogP contribution in [0, 0.1) is 5.92 Å². The molecule has 1 atom stereocenters. The molecule has 2 rings (SSSR count). The van der Waals surface area contributed by atoms with Crippen LogP contribution in [0.15, 0.2) is 42.7 Å². The Morgan fingerprint density at radius 3 is 2.60 bits per heavy atom. The van der Waals surface area contributed by atoms with Gasteiger partial charge in [-0.25, -0.2) is 0 Å². The molecule has 0 bridgehead atoms. The van der Waals surface area contributed by atoms with E-state index in [4.69, 9.17) is 27.9 Å². The van der Waals surface area contributed by atoms with Gasteiger partial charge in [-0.3, -0.25) is 14.6 Å². The van der Waals surface area contributed by atoms with Crippen molar-refractivity contribution in [2.24, 2.45) is 5.92 Å². The third kappa shape index (κ3) is 5.18. The Morgan fingerprint density at radius 1 is 1.24 bits per heavy atom. The summed E-state index contributed by atoms with van der Waals surface area (Å²) in [5, 5.41) is 0.676. The van der Waals surface area contributed by atoms with E-state index in [1.54, 1.807) is 42.4 Å². The molecule has 7 heteroatoms. The van der Waals surface area contributed by atoms with Crippen molar-refractivity contribution >= 4 is 35.1 Å². The van der Waals surface area contributed by atoms with Crippen LogP contribution in [-0.4, -0.2) is 35.4 Å². The van der Waals surface area contributed by atoms with Crippen molar-refractivity contribution < 1.29 is 14.3 Å². The number of rotatable bonds is 6. The number of ether oxygens (including phenoxy) is 1. The Labute approximate surface area is 156 Å². The largest absolute Gasteiger partial charge is 0.469 e. The first-order valence-electron chi connectivity index (χ1n) is 7.63. The topological polar surface area (TPSA) is 59.5 Å². The highest BCUT2D eigenvalue weighted by Gasteiger charge is 2.23. The third-order valence-electron chi connectivity index (χ3n) is 3.65. The highest BCUT2D eigenvalue weighted by atomic mass is 35.5. The van der Waals surface area contributed by atoms with Gasteiger partial charge in [0.2, 0.25) is 0 Å². The lowest BCUT2D eigenvalue weighted by Crippen LogP contribution is -2.36. The lowest BCUT2D eigenvalue weighted by molar-refractivity contribution is -0.145. The number of carbonyl (C=O) groups is 2. The minimum absolute atomic E-state index is 0.209. The van der Waals surface area contributed by atoms with Crippen LogP contribution in [0.4, 0.5) is 0 Å². The Hall–Kier alpha value is -2.11. The number of pyridine rings is 1. The van der Waals surface area contributed by atoms with Gasteiger partial charge >= 0.3 is 5.97 Å². The van der Waals surface area contributed by atoms with Gasteiger partial charge in [-0.2, -0.15) is 0 Å². The lowest BCUT2D eigenvalue weighted by Gasteiger charge is -2.25. The van der Waals surface area contributed by atoms with Crippen molar-refractivity contribution in [1.29, 1.82) is 0 Å². The molecule has 1 aromatic heterocycles. The van der Waals surface area contributed by atoms with Gasteiger partial charge in [0.1, 0.15) is 0 Å². The van der Waals surface area contributed by atoms with Crippen molar-refractivity contribution in [2.75, 3.05) is 13.7 Å². The SMILES string of the molecule is COC(=O)C(C)CN(Cc1cccnc1)C(=O)c1ccc(Cl)c(Cl)c1. The molecule has 1 heterocycles. The summed E-state index contributed by atoms with van der Waals surface area (Å²) in [6, 6.07) is 8.36. The minimum Gasteiger partial charge on any atom is -0.469 e. The first kappa shape index (κ1) is 19.2. The molecule has 0 spiro atoms. The van der Waals surface area contributed by atoms with Gasteiger partial charge in [-0.05, 0) is 29.8 Å². The molecule has 0 N–H and O–H groups in total. The van der Waals surface area contributed by atoms with Crippen LogP contribution in [0.2, 0.25) is 10.0 Å². The molecular formula is C18H18Cl2N2O3. The average molecular weight is 381 g/mol. The second-order valence-corrected chi connectivity index (χ2v) is 6.41. The Bertz CT molecular complexity index is 753. The Kier molecular flexibility index (Phi) is 6.79. The van der Waals surface area contributed by atoms with Gasteiger partial charge in [0.15, 0.2) is 0 Å². The minimum atomic E-state index is -0.464. The predicted molar refractivity (Wildman–Crippen MR) is 96.6 cm³/mol. The molecule has 0 saturated carbocycles. The lowest BCUT2D eigenvalue weighted by atomic mass is 10.1. The standard InChI is InChI=1S/C18H18Cl2N2O3/c1-12(18(24)25-2)10-22(11-13-4-3-7-21-9-13)17(23)14-5-6-15(19)16(20)8-14/h3-9,12H,10-11H2,1-2H3. The zero-order chi connectivity index (χ0) is 18.4. The number of hydrogen-bond donors (Lipinski definition) is 0. The summed E-state index contributed by atoms with van der Waals surface area (Å²) in [6.45, 7) is 2.24. The molecule has 1 aromatic carbocycles. The number of esters is 1. The molecule has 0 radical (unpaired) electrons. The van der Waals surface area contributed by atoms with Crippen LogP contribution in [0.5, 0.6) is 0 Å². The molecular weight excluding hydrogens is 363 g/mol. The number of methoxy groups -OCH3 is 1. The summed E-state index contributed by atoms with van der Waals surface area (Å²) in [5.41, 5.74) is 1.25. The maximum atomic E-state index is 12.9. The fourth-order valence-corrected chi connectivity index (χ4v) is 2.65. The van der Waals surface area contributed by atoms with E-state index in [-0.39, 0.29) is 18.4 Å².